The summed E-state index contributed by atoms with van der Waals surface area (Å²) < 4.78 is 16.0. The topological polar surface area (TPSA) is 68.8 Å². The molecule has 0 saturated heterocycles. The number of thiophene rings is 1. The van der Waals surface area contributed by atoms with Crippen LogP contribution in [0, 0.1) is 0 Å². The SMILES string of the molecule is CCOC(=O)c1c(NC(=S)Nc2cc(OC)ccc2OC)sc2c1CCCCC2. The zero-order chi connectivity index (χ0) is 20.8. The Morgan fingerprint density at radius 1 is 1.14 bits per heavy atom. The molecule has 29 heavy (non-hydrogen) atoms. The standard InChI is InChI=1S/C21H26N2O4S2/c1-4-27-20(24)18-14-8-6-5-7-9-17(14)29-19(18)23-21(28)22-15-12-13(25-2)10-11-16(15)26-3/h10-12H,4-9H2,1-3H3,(H2,22,23,28). The maximum atomic E-state index is 12.7. The zero-order valence-corrected chi connectivity index (χ0v) is 18.6. The number of methoxy groups -OCH3 is 2. The first-order chi connectivity index (χ1) is 14.1. The van der Waals surface area contributed by atoms with Crippen LogP contribution in [0.25, 0.3) is 0 Å². The number of benzene rings is 1. The van der Waals surface area contributed by atoms with E-state index >= 15 is 0 Å². The van der Waals surface area contributed by atoms with Gasteiger partial charge in [-0.1, -0.05) is 6.42 Å². The number of fused-ring (bicyclic) bond motifs is 1. The van der Waals surface area contributed by atoms with Crippen molar-refractivity contribution < 1.29 is 19.0 Å². The number of rotatable bonds is 6. The van der Waals surface area contributed by atoms with Crippen LogP contribution in [-0.2, 0) is 17.6 Å². The van der Waals surface area contributed by atoms with Crippen LogP contribution in [-0.4, -0.2) is 31.9 Å². The van der Waals surface area contributed by atoms with E-state index in [9.17, 15) is 4.79 Å². The second-order valence-corrected chi connectivity index (χ2v) is 8.15. The molecule has 8 heteroatoms. The molecule has 1 aliphatic rings. The Balaban J connectivity index is 1.86. The number of anilines is 2. The molecule has 0 fully saturated rings. The predicted molar refractivity (Wildman–Crippen MR) is 121 cm³/mol. The second-order valence-electron chi connectivity index (χ2n) is 6.63. The first kappa shape index (κ1) is 21.4. The number of thiocarbonyl (C=S) groups is 1. The first-order valence-electron chi connectivity index (χ1n) is 9.69. The van der Waals surface area contributed by atoms with E-state index in [4.69, 9.17) is 26.4 Å². The minimum Gasteiger partial charge on any atom is -0.497 e. The highest BCUT2D eigenvalue weighted by Gasteiger charge is 2.26. The fraction of sp³-hybridized carbons (Fsp3) is 0.429. The predicted octanol–water partition coefficient (Wildman–Crippen LogP) is 5.02. The first-order valence-corrected chi connectivity index (χ1v) is 10.9. The summed E-state index contributed by atoms with van der Waals surface area (Å²) in [7, 11) is 3.20. The Morgan fingerprint density at radius 3 is 2.66 bits per heavy atom. The van der Waals surface area contributed by atoms with Crippen LogP contribution in [0.2, 0.25) is 0 Å². The number of hydrogen-bond donors (Lipinski definition) is 2. The average Bonchev–Trinajstić information content (AvgIpc) is 2.88. The smallest absolute Gasteiger partial charge is 0.341 e. The van der Waals surface area contributed by atoms with E-state index in [2.05, 4.69) is 10.6 Å². The molecule has 1 aromatic carbocycles. The number of carbonyl (C=O) groups is 1. The third-order valence-corrected chi connectivity index (χ3v) is 6.19. The van der Waals surface area contributed by atoms with E-state index in [0.29, 0.717) is 34.5 Å². The monoisotopic (exact) mass is 434 g/mol. The number of aryl methyl sites for hydroxylation is 1. The molecule has 2 N–H and O–H groups in total. The van der Waals surface area contributed by atoms with Gasteiger partial charge < -0.3 is 24.8 Å². The van der Waals surface area contributed by atoms with Gasteiger partial charge in [-0.15, -0.1) is 11.3 Å². The molecule has 0 bridgehead atoms. The van der Waals surface area contributed by atoms with Gasteiger partial charge in [-0.2, -0.15) is 0 Å². The average molecular weight is 435 g/mol. The van der Waals surface area contributed by atoms with Gasteiger partial charge in [0, 0.05) is 10.9 Å². The van der Waals surface area contributed by atoms with Crippen LogP contribution in [0.3, 0.4) is 0 Å². The minimum atomic E-state index is -0.295. The van der Waals surface area contributed by atoms with Gasteiger partial charge in [-0.05, 0) is 62.5 Å². The summed E-state index contributed by atoms with van der Waals surface area (Å²) in [6, 6.07) is 5.43. The molecule has 0 atom stereocenters. The summed E-state index contributed by atoms with van der Waals surface area (Å²) in [6.45, 7) is 2.16. The molecule has 1 heterocycles. The molecule has 0 spiro atoms. The maximum Gasteiger partial charge on any atom is 0.341 e. The summed E-state index contributed by atoms with van der Waals surface area (Å²) >= 11 is 7.11. The second kappa shape index (κ2) is 9.93. The fourth-order valence-electron chi connectivity index (χ4n) is 3.42. The lowest BCUT2D eigenvalue weighted by Crippen LogP contribution is -2.21. The van der Waals surface area contributed by atoms with Crippen LogP contribution in [0.5, 0.6) is 11.5 Å². The molecule has 156 valence electrons. The van der Waals surface area contributed by atoms with Gasteiger partial charge in [0.15, 0.2) is 5.11 Å². The Bertz CT molecular complexity index is 895. The van der Waals surface area contributed by atoms with Crippen molar-refractivity contribution in [3.63, 3.8) is 0 Å². The normalized spacial score (nSPS) is 13.1. The molecule has 0 radical (unpaired) electrons. The van der Waals surface area contributed by atoms with Crippen LogP contribution in [0.15, 0.2) is 18.2 Å². The van der Waals surface area contributed by atoms with Gasteiger partial charge in [0.05, 0.1) is 32.1 Å². The van der Waals surface area contributed by atoms with Crippen molar-refractivity contribution in [3.8, 4) is 11.5 Å². The largest absolute Gasteiger partial charge is 0.497 e. The van der Waals surface area contributed by atoms with Gasteiger partial charge in [0.25, 0.3) is 0 Å². The van der Waals surface area contributed by atoms with Crippen molar-refractivity contribution >= 4 is 45.3 Å². The van der Waals surface area contributed by atoms with Crippen molar-refractivity contribution in [2.75, 3.05) is 31.5 Å². The molecular weight excluding hydrogens is 408 g/mol. The maximum absolute atomic E-state index is 12.7. The third kappa shape index (κ3) is 5.00. The van der Waals surface area contributed by atoms with E-state index in [1.807, 2.05) is 19.1 Å². The van der Waals surface area contributed by atoms with E-state index in [-0.39, 0.29) is 5.97 Å². The minimum absolute atomic E-state index is 0.295. The highest BCUT2D eigenvalue weighted by molar-refractivity contribution is 7.80. The van der Waals surface area contributed by atoms with Crippen molar-refractivity contribution in [2.45, 2.75) is 39.0 Å². The van der Waals surface area contributed by atoms with Gasteiger partial charge in [0.1, 0.15) is 16.5 Å². The van der Waals surface area contributed by atoms with Gasteiger partial charge >= 0.3 is 5.97 Å². The van der Waals surface area contributed by atoms with Crippen molar-refractivity contribution in [3.05, 3.63) is 34.2 Å². The lowest BCUT2D eigenvalue weighted by Gasteiger charge is -2.15. The molecule has 3 rings (SSSR count). The van der Waals surface area contributed by atoms with E-state index in [0.717, 1.165) is 36.2 Å². The number of ether oxygens (including phenoxy) is 3. The molecule has 6 nitrogen and oxygen atoms in total. The molecule has 2 aromatic rings. The zero-order valence-electron chi connectivity index (χ0n) is 16.9. The Kier molecular flexibility index (Phi) is 7.33. The van der Waals surface area contributed by atoms with Crippen molar-refractivity contribution in [2.24, 2.45) is 0 Å². The van der Waals surface area contributed by atoms with E-state index in [1.54, 1.807) is 31.6 Å². The Labute approximate surface area is 180 Å². The summed E-state index contributed by atoms with van der Waals surface area (Å²) in [4.78, 5) is 13.9. The fourth-order valence-corrected chi connectivity index (χ4v) is 4.98. The quantitative estimate of drug-likeness (QED) is 0.376. The van der Waals surface area contributed by atoms with E-state index in [1.165, 1.54) is 11.3 Å². The molecule has 1 aromatic heterocycles. The molecule has 0 unspecified atom stereocenters. The summed E-state index contributed by atoms with van der Waals surface area (Å²) in [5.41, 5.74) is 2.41. The molecule has 1 aliphatic carbocycles. The third-order valence-electron chi connectivity index (χ3n) is 4.78. The van der Waals surface area contributed by atoms with Gasteiger partial charge in [0.2, 0.25) is 0 Å². The lowest BCUT2D eigenvalue weighted by atomic mass is 10.1. The molecular formula is C21H26N2O4S2. The van der Waals surface area contributed by atoms with Crippen molar-refractivity contribution in [1.29, 1.82) is 0 Å². The Morgan fingerprint density at radius 2 is 1.93 bits per heavy atom. The summed E-state index contributed by atoms with van der Waals surface area (Å²) in [5, 5.41) is 7.46. The van der Waals surface area contributed by atoms with Crippen molar-refractivity contribution in [1.82, 2.24) is 0 Å². The number of carbonyl (C=O) groups excluding carboxylic acids is 1. The Hall–Kier alpha value is -2.32. The molecule has 0 saturated carbocycles. The van der Waals surface area contributed by atoms with Gasteiger partial charge in [-0.25, -0.2) is 4.79 Å². The van der Waals surface area contributed by atoms with Crippen LogP contribution in [0.1, 0.15) is 47.0 Å². The number of hydrogen-bond acceptors (Lipinski definition) is 6. The lowest BCUT2D eigenvalue weighted by molar-refractivity contribution is 0.0527. The molecule has 0 aliphatic heterocycles. The highest BCUT2D eigenvalue weighted by atomic mass is 32.1. The molecule has 0 amide bonds. The van der Waals surface area contributed by atoms with E-state index < -0.39 is 0 Å². The number of esters is 1. The number of nitrogens with one attached hydrogen (secondary N) is 2. The highest BCUT2D eigenvalue weighted by Crippen LogP contribution is 2.38. The van der Waals surface area contributed by atoms with Gasteiger partial charge in [-0.3, -0.25) is 0 Å². The summed E-state index contributed by atoms with van der Waals surface area (Å²) in [6.07, 6.45) is 5.28. The van der Waals surface area contributed by atoms with Crippen LogP contribution >= 0.6 is 23.6 Å². The van der Waals surface area contributed by atoms with Crippen LogP contribution in [0.4, 0.5) is 10.7 Å². The van der Waals surface area contributed by atoms with Crippen LogP contribution < -0.4 is 20.1 Å². The summed E-state index contributed by atoms with van der Waals surface area (Å²) in [5.74, 6) is 1.03.